The Balaban J connectivity index is 1.62. The van der Waals surface area contributed by atoms with Gasteiger partial charge in [0.1, 0.15) is 5.01 Å². The summed E-state index contributed by atoms with van der Waals surface area (Å²) < 4.78 is 0. The van der Waals surface area contributed by atoms with Gasteiger partial charge in [-0.15, -0.1) is 10.2 Å². The first kappa shape index (κ1) is 17.7. The van der Waals surface area contributed by atoms with Gasteiger partial charge in [-0.2, -0.15) is 0 Å². The number of carbonyl (C=O) groups excluding carboxylic acids is 1. The maximum Gasteiger partial charge on any atom is 0.269 e. The van der Waals surface area contributed by atoms with Crippen LogP contribution in [0.2, 0.25) is 0 Å². The average molecular weight is 368 g/mol. The van der Waals surface area contributed by atoms with E-state index in [9.17, 15) is 14.9 Å². The number of nitrogens with one attached hydrogen (secondary N) is 1. The van der Waals surface area contributed by atoms with E-state index in [1.165, 1.54) is 41.2 Å². The second-order valence-corrected chi connectivity index (χ2v) is 6.84. The molecule has 0 aliphatic rings. The van der Waals surface area contributed by atoms with E-state index < -0.39 is 4.92 Å². The number of hydrogen-bond acceptors (Lipinski definition) is 6. The summed E-state index contributed by atoms with van der Waals surface area (Å²) >= 11 is 1.32. The van der Waals surface area contributed by atoms with Gasteiger partial charge in [-0.3, -0.25) is 20.2 Å². The molecule has 0 saturated carbocycles. The van der Waals surface area contributed by atoms with Crippen molar-refractivity contribution in [3.63, 3.8) is 0 Å². The summed E-state index contributed by atoms with van der Waals surface area (Å²) in [6.45, 7) is 2.12. The van der Waals surface area contributed by atoms with E-state index in [0.717, 1.165) is 11.4 Å². The number of aromatic nitrogens is 2. The molecule has 3 aromatic rings. The lowest BCUT2D eigenvalue weighted by Gasteiger charge is -2.08. The third-order valence-corrected chi connectivity index (χ3v) is 4.74. The van der Waals surface area contributed by atoms with Crippen LogP contribution >= 0.6 is 11.3 Å². The maximum absolute atomic E-state index is 12.2. The van der Waals surface area contributed by atoms with Gasteiger partial charge in [-0.25, -0.2) is 0 Å². The van der Waals surface area contributed by atoms with E-state index in [0.29, 0.717) is 16.6 Å². The average Bonchev–Trinajstić information content (AvgIpc) is 3.09. The number of nitro groups is 1. The van der Waals surface area contributed by atoms with Crippen LogP contribution < -0.4 is 5.32 Å². The van der Waals surface area contributed by atoms with Crippen molar-refractivity contribution in [3.8, 4) is 0 Å². The van der Waals surface area contributed by atoms with Crippen molar-refractivity contribution in [2.75, 3.05) is 5.32 Å². The van der Waals surface area contributed by atoms with E-state index in [4.69, 9.17) is 0 Å². The lowest BCUT2D eigenvalue weighted by Crippen LogP contribution is -2.11. The first-order valence-corrected chi connectivity index (χ1v) is 8.77. The van der Waals surface area contributed by atoms with Crippen molar-refractivity contribution in [1.82, 2.24) is 10.2 Å². The molecule has 0 bridgehead atoms. The summed E-state index contributed by atoms with van der Waals surface area (Å²) in [5, 5.41) is 22.7. The maximum atomic E-state index is 12.2. The van der Waals surface area contributed by atoms with Gasteiger partial charge in [0.05, 0.1) is 4.92 Å². The van der Waals surface area contributed by atoms with Crippen LogP contribution in [0.3, 0.4) is 0 Å². The minimum atomic E-state index is -0.507. The molecule has 3 rings (SSSR count). The van der Waals surface area contributed by atoms with Crippen LogP contribution in [0, 0.1) is 10.1 Å². The van der Waals surface area contributed by atoms with Crippen molar-refractivity contribution >= 4 is 28.1 Å². The zero-order valence-corrected chi connectivity index (χ0v) is 14.8. The van der Waals surface area contributed by atoms with E-state index in [1.54, 1.807) is 0 Å². The Labute approximate surface area is 153 Å². The largest absolute Gasteiger partial charge is 0.296 e. The smallest absolute Gasteiger partial charge is 0.269 e. The number of benzene rings is 2. The predicted molar refractivity (Wildman–Crippen MR) is 99.5 cm³/mol. The van der Waals surface area contributed by atoms with Gasteiger partial charge >= 0.3 is 0 Å². The Bertz CT molecular complexity index is 910. The molecular weight excluding hydrogens is 352 g/mol. The number of rotatable bonds is 6. The highest BCUT2D eigenvalue weighted by Crippen LogP contribution is 2.24. The first-order valence-electron chi connectivity index (χ1n) is 7.96. The van der Waals surface area contributed by atoms with Crippen LogP contribution in [-0.2, 0) is 6.42 Å². The quantitative estimate of drug-likeness (QED) is 0.523. The van der Waals surface area contributed by atoms with Crippen molar-refractivity contribution in [2.24, 2.45) is 0 Å². The van der Waals surface area contributed by atoms with Crippen LogP contribution in [0.25, 0.3) is 0 Å². The molecule has 1 aromatic heterocycles. The van der Waals surface area contributed by atoms with Crippen LogP contribution in [0.5, 0.6) is 0 Å². The molecule has 132 valence electrons. The lowest BCUT2D eigenvalue weighted by atomic mass is 9.98. The third kappa shape index (κ3) is 4.28. The molecule has 1 heterocycles. The molecule has 1 N–H and O–H groups in total. The number of hydrogen-bond donors (Lipinski definition) is 1. The zero-order chi connectivity index (χ0) is 18.5. The van der Waals surface area contributed by atoms with Crippen molar-refractivity contribution < 1.29 is 9.72 Å². The van der Waals surface area contributed by atoms with Crippen molar-refractivity contribution in [2.45, 2.75) is 19.3 Å². The zero-order valence-electron chi connectivity index (χ0n) is 14.0. The van der Waals surface area contributed by atoms with Gasteiger partial charge in [0.2, 0.25) is 5.13 Å². The Morgan fingerprint density at radius 3 is 2.50 bits per heavy atom. The molecule has 0 aliphatic heterocycles. The predicted octanol–water partition coefficient (Wildman–Crippen LogP) is 4.04. The van der Waals surface area contributed by atoms with Gasteiger partial charge in [0.15, 0.2) is 0 Å². The highest BCUT2D eigenvalue weighted by atomic mass is 32.1. The highest BCUT2D eigenvalue weighted by molar-refractivity contribution is 7.15. The van der Waals surface area contributed by atoms with Gasteiger partial charge in [0.25, 0.3) is 11.6 Å². The van der Waals surface area contributed by atoms with Crippen LogP contribution in [0.15, 0.2) is 54.6 Å². The summed E-state index contributed by atoms with van der Waals surface area (Å²) in [4.78, 5) is 22.4. The fraction of sp³-hybridized carbons (Fsp3) is 0.167. The fourth-order valence-corrected chi connectivity index (χ4v) is 3.32. The van der Waals surface area contributed by atoms with Gasteiger partial charge in [-0.1, -0.05) is 48.6 Å². The van der Waals surface area contributed by atoms with Crippen LogP contribution in [0.4, 0.5) is 10.8 Å². The SMILES string of the molecule is C[C@H](Cc1nnc(NC(=O)c2ccc([N+](=O)[O-])cc2)s1)c1ccccc1. The molecule has 26 heavy (non-hydrogen) atoms. The molecule has 0 spiro atoms. The molecule has 2 aromatic carbocycles. The number of nitro benzene ring substituents is 1. The Morgan fingerprint density at radius 1 is 1.15 bits per heavy atom. The molecule has 0 radical (unpaired) electrons. The number of non-ortho nitro benzene ring substituents is 1. The summed E-state index contributed by atoms with van der Waals surface area (Å²) in [5.41, 5.74) is 1.49. The second kappa shape index (κ2) is 7.83. The molecule has 0 saturated heterocycles. The first-order chi connectivity index (χ1) is 12.5. The van der Waals surface area contributed by atoms with E-state index in [-0.39, 0.29) is 11.6 Å². The summed E-state index contributed by atoms with van der Waals surface area (Å²) in [5.74, 6) is -0.0823. The molecule has 0 unspecified atom stereocenters. The number of carbonyl (C=O) groups is 1. The standard InChI is InChI=1S/C18H16N4O3S/c1-12(13-5-3-2-4-6-13)11-16-20-21-18(26-16)19-17(23)14-7-9-15(10-8-14)22(24)25/h2-10,12H,11H2,1H3,(H,19,21,23)/t12-/m1/s1. The van der Waals surface area contributed by atoms with E-state index in [2.05, 4.69) is 34.6 Å². The van der Waals surface area contributed by atoms with Crippen molar-refractivity contribution in [1.29, 1.82) is 0 Å². The molecule has 1 atom stereocenters. The molecule has 0 fully saturated rings. The molecular formula is C18H16N4O3S. The van der Waals surface area contributed by atoms with Crippen LogP contribution in [0.1, 0.15) is 33.8 Å². The molecule has 8 heteroatoms. The minimum Gasteiger partial charge on any atom is -0.296 e. The molecule has 0 aliphatic carbocycles. The monoisotopic (exact) mass is 368 g/mol. The number of anilines is 1. The highest BCUT2D eigenvalue weighted by Gasteiger charge is 2.14. The summed E-state index contributed by atoms with van der Waals surface area (Å²) in [6, 6.07) is 15.5. The third-order valence-electron chi connectivity index (χ3n) is 3.88. The van der Waals surface area contributed by atoms with E-state index >= 15 is 0 Å². The van der Waals surface area contributed by atoms with Crippen LogP contribution in [-0.4, -0.2) is 21.0 Å². The van der Waals surface area contributed by atoms with Gasteiger partial charge in [-0.05, 0) is 23.6 Å². The summed E-state index contributed by atoms with van der Waals surface area (Å²) in [6.07, 6.45) is 0.731. The van der Waals surface area contributed by atoms with Crippen molar-refractivity contribution in [3.05, 3.63) is 80.8 Å². The number of nitrogens with zero attached hydrogens (tertiary/aromatic N) is 3. The lowest BCUT2D eigenvalue weighted by molar-refractivity contribution is -0.384. The van der Waals surface area contributed by atoms with Gasteiger partial charge in [0, 0.05) is 24.1 Å². The molecule has 7 nitrogen and oxygen atoms in total. The van der Waals surface area contributed by atoms with E-state index in [1.807, 2.05) is 18.2 Å². The fourth-order valence-electron chi connectivity index (χ4n) is 2.45. The topological polar surface area (TPSA) is 98.0 Å². The Morgan fingerprint density at radius 2 is 1.85 bits per heavy atom. The number of amides is 1. The summed E-state index contributed by atoms with van der Waals surface area (Å²) in [7, 11) is 0. The second-order valence-electron chi connectivity index (χ2n) is 5.77. The normalized spacial score (nSPS) is 11.7. The van der Waals surface area contributed by atoms with Gasteiger partial charge < -0.3 is 0 Å². The Hall–Kier alpha value is -3.13. The molecule has 1 amide bonds. The minimum absolute atomic E-state index is 0.0605. The Kier molecular flexibility index (Phi) is 5.33.